The zero-order chi connectivity index (χ0) is 9.26. The molecule has 0 radical (unpaired) electrons. The molecule has 0 aromatic heterocycles. The molecule has 0 bridgehead atoms. The van der Waals surface area contributed by atoms with E-state index in [4.69, 9.17) is 16.9 Å². The molecule has 1 unspecified atom stereocenters. The lowest BCUT2D eigenvalue weighted by Crippen LogP contribution is -1.85. The zero-order valence-corrected chi connectivity index (χ0v) is 8.32. The van der Waals surface area contributed by atoms with Crippen LogP contribution in [0.1, 0.15) is 11.6 Å². The Morgan fingerprint density at radius 1 is 1.62 bits per heavy atom. The van der Waals surface area contributed by atoms with Crippen LogP contribution < -0.4 is 5.32 Å². The molecule has 0 amide bonds. The van der Waals surface area contributed by atoms with Crippen molar-refractivity contribution >= 4 is 23.4 Å². The van der Waals surface area contributed by atoms with Crippen LogP contribution in [-0.4, -0.2) is 6.54 Å². The maximum absolute atomic E-state index is 8.46. The number of rotatable bonds is 2. The first kappa shape index (κ1) is 8.89. The van der Waals surface area contributed by atoms with E-state index in [-0.39, 0.29) is 0 Å². The fourth-order valence-electron chi connectivity index (χ4n) is 1.19. The Kier molecular flexibility index (Phi) is 2.45. The average molecular weight is 211 g/mol. The summed E-state index contributed by atoms with van der Waals surface area (Å²) >= 11 is 7.17. The lowest BCUT2D eigenvalue weighted by Gasteiger charge is -2.01. The minimum absolute atomic E-state index is 0.425. The van der Waals surface area contributed by atoms with E-state index in [1.54, 1.807) is 0 Å². The highest BCUT2D eigenvalue weighted by atomic mass is 35.5. The van der Waals surface area contributed by atoms with Gasteiger partial charge in [-0.3, -0.25) is 0 Å². The first-order valence-electron chi connectivity index (χ1n) is 3.90. The Bertz CT molecular complexity index is 368. The summed E-state index contributed by atoms with van der Waals surface area (Å²) < 4.78 is 0. The molecule has 2 rings (SSSR count). The smallest absolute Gasteiger partial charge is 0.138 e. The van der Waals surface area contributed by atoms with Gasteiger partial charge in [-0.1, -0.05) is 17.7 Å². The third-order valence-electron chi connectivity index (χ3n) is 1.92. The standard InChI is InChI=1S/C9H7ClN2S/c10-8-3-6(13-5-11)1-2-7(8)9-4-12-9/h1-3,9,12H,4H2. The van der Waals surface area contributed by atoms with Crippen LogP contribution in [0.4, 0.5) is 0 Å². The molecular formula is C9H7ClN2S. The Labute approximate surface area is 85.9 Å². The molecule has 1 fully saturated rings. The first-order chi connectivity index (χ1) is 6.31. The number of nitriles is 1. The van der Waals surface area contributed by atoms with Gasteiger partial charge >= 0.3 is 0 Å². The van der Waals surface area contributed by atoms with Gasteiger partial charge in [-0.15, -0.1) is 0 Å². The summed E-state index contributed by atoms with van der Waals surface area (Å²) in [5, 5.41) is 14.4. The van der Waals surface area contributed by atoms with Gasteiger partial charge in [-0.05, 0) is 29.5 Å². The predicted octanol–water partition coefficient (Wildman–Crippen LogP) is 2.56. The second-order valence-corrected chi connectivity index (χ2v) is 4.10. The Morgan fingerprint density at radius 3 is 2.92 bits per heavy atom. The maximum atomic E-state index is 8.46. The predicted molar refractivity (Wildman–Crippen MR) is 53.7 cm³/mol. The van der Waals surface area contributed by atoms with Gasteiger partial charge in [0.2, 0.25) is 0 Å². The quantitative estimate of drug-likeness (QED) is 0.464. The Morgan fingerprint density at radius 2 is 2.38 bits per heavy atom. The molecule has 1 aromatic rings. The van der Waals surface area contributed by atoms with E-state index in [9.17, 15) is 0 Å². The summed E-state index contributed by atoms with van der Waals surface area (Å²) in [4.78, 5) is 0.900. The fourth-order valence-corrected chi connectivity index (χ4v) is 1.98. The van der Waals surface area contributed by atoms with Crippen molar-refractivity contribution in [2.24, 2.45) is 0 Å². The molecule has 66 valence electrons. The van der Waals surface area contributed by atoms with Gasteiger partial charge in [-0.25, -0.2) is 0 Å². The molecule has 1 N–H and O–H groups in total. The third kappa shape index (κ3) is 1.97. The highest BCUT2D eigenvalue weighted by molar-refractivity contribution is 8.03. The SMILES string of the molecule is N#CSc1ccc(C2CN2)c(Cl)c1. The molecule has 1 heterocycles. The summed E-state index contributed by atoms with van der Waals surface area (Å²) in [7, 11) is 0. The van der Waals surface area contributed by atoms with E-state index in [0.717, 1.165) is 33.8 Å². The molecule has 1 aliphatic heterocycles. The molecule has 1 atom stereocenters. The maximum Gasteiger partial charge on any atom is 0.138 e. The summed E-state index contributed by atoms with van der Waals surface area (Å²) in [5.74, 6) is 0. The molecule has 0 saturated carbocycles. The molecule has 2 nitrogen and oxygen atoms in total. The highest BCUT2D eigenvalue weighted by Gasteiger charge is 2.24. The number of halogens is 1. The van der Waals surface area contributed by atoms with Crippen molar-refractivity contribution in [3.63, 3.8) is 0 Å². The molecule has 0 spiro atoms. The van der Waals surface area contributed by atoms with Gasteiger partial charge in [-0.2, -0.15) is 5.26 Å². The van der Waals surface area contributed by atoms with Gasteiger partial charge < -0.3 is 5.32 Å². The second kappa shape index (κ2) is 3.59. The van der Waals surface area contributed by atoms with E-state index in [1.165, 1.54) is 0 Å². The zero-order valence-electron chi connectivity index (χ0n) is 6.75. The fraction of sp³-hybridized carbons (Fsp3) is 0.222. The van der Waals surface area contributed by atoms with Crippen LogP contribution >= 0.6 is 23.4 Å². The molecule has 1 aliphatic rings. The van der Waals surface area contributed by atoms with Crippen molar-refractivity contribution in [3.8, 4) is 5.40 Å². The number of nitrogens with zero attached hydrogens (tertiary/aromatic N) is 1. The number of thioether (sulfide) groups is 1. The van der Waals surface area contributed by atoms with Gasteiger partial charge in [0.1, 0.15) is 5.40 Å². The van der Waals surface area contributed by atoms with Crippen LogP contribution in [0.5, 0.6) is 0 Å². The van der Waals surface area contributed by atoms with Crippen molar-refractivity contribution in [2.45, 2.75) is 10.9 Å². The topological polar surface area (TPSA) is 45.7 Å². The monoisotopic (exact) mass is 210 g/mol. The molecule has 4 heteroatoms. The van der Waals surface area contributed by atoms with Crippen molar-refractivity contribution in [1.82, 2.24) is 5.32 Å². The van der Waals surface area contributed by atoms with E-state index < -0.39 is 0 Å². The van der Waals surface area contributed by atoms with Gasteiger partial charge in [0.05, 0.1) is 0 Å². The van der Waals surface area contributed by atoms with E-state index in [0.29, 0.717) is 6.04 Å². The molecule has 0 aliphatic carbocycles. The van der Waals surface area contributed by atoms with Crippen LogP contribution in [0.25, 0.3) is 0 Å². The number of hydrogen-bond acceptors (Lipinski definition) is 3. The molecule has 1 aromatic carbocycles. The van der Waals surface area contributed by atoms with Gasteiger partial charge in [0, 0.05) is 22.5 Å². The van der Waals surface area contributed by atoms with Crippen LogP contribution in [0.3, 0.4) is 0 Å². The van der Waals surface area contributed by atoms with Gasteiger partial charge in [0.25, 0.3) is 0 Å². The van der Waals surface area contributed by atoms with E-state index in [2.05, 4.69) is 5.32 Å². The lowest BCUT2D eigenvalue weighted by molar-refractivity contribution is 1.07. The highest BCUT2D eigenvalue weighted by Crippen LogP contribution is 2.31. The van der Waals surface area contributed by atoms with Crippen molar-refractivity contribution in [1.29, 1.82) is 5.26 Å². The summed E-state index contributed by atoms with van der Waals surface area (Å²) in [5.41, 5.74) is 1.13. The molecule has 1 saturated heterocycles. The minimum Gasteiger partial charge on any atom is -0.307 e. The normalized spacial score (nSPS) is 19.5. The van der Waals surface area contributed by atoms with Crippen LogP contribution in [-0.2, 0) is 0 Å². The molecular weight excluding hydrogens is 204 g/mol. The minimum atomic E-state index is 0.425. The summed E-state index contributed by atoms with van der Waals surface area (Å²) in [6.07, 6.45) is 0. The largest absolute Gasteiger partial charge is 0.307 e. The van der Waals surface area contributed by atoms with Crippen molar-refractivity contribution < 1.29 is 0 Å². The number of hydrogen-bond donors (Lipinski definition) is 1. The number of nitrogens with one attached hydrogen (secondary N) is 1. The van der Waals surface area contributed by atoms with Crippen LogP contribution in [0, 0.1) is 10.7 Å². The van der Waals surface area contributed by atoms with Crippen LogP contribution in [0.15, 0.2) is 23.1 Å². The Balaban J connectivity index is 2.27. The number of thiocyanates is 1. The third-order valence-corrected chi connectivity index (χ3v) is 2.83. The molecule has 13 heavy (non-hydrogen) atoms. The van der Waals surface area contributed by atoms with E-state index >= 15 is 0 Å². The number of benzene rings is 1. The van der Waals surface area contributed by atoms with E-state index in [1.807, 2.05) is 23.6 Å². The lowest BCUT2D eigenvalue weighted by atomic mass is 10.2. The summed E-state index contributed by atoms with van der Waals surface area (Å²) in [6, 6.07) is 6.17. The second-order valence-electron chi connectivity index (χ2n) is 2.84. The van der Waals surface area contributed by atoms with Crippen LogP contribution in [0.2, 0.25) is 5.02 Å². The van der Waals surface area contributed by atoms with Crippen molar-refractivity contribution in [3.05, 3.63) is 28.8 Å². The Hall–Kier alpha value is -0.690. The first-order valence-corrected chi connectivity index (χ1v) is 5.09. The van der Waals surface area contributed by atoms with Crippen molar-refractivity contribution in [2.75, 3.05) is 6.54 Å². The summed E-state index contributed by atoms with van der Waals surface area (Å²) in [6.45, 7) is 1.00. The van der Waals surface area contributed by atoms with Gasteiger partial charge in [0.15, 0.2) is 0 Å². The average Bonchev–Trinajstić information content (AvgIpc) is 2.88.